The maximum Gasteiger partial charge on any atom is 0.144 e. The fourth-order valence-electron chi connectivity index (χ4n) is 7.27. The lowest BCUT2D eigenvalue weighted by molar-refractivity contribution is 0.292. The molecule has 2 heterocycles. The Morgan fingerprint density at radius 1 is 0.528 bits per heavy atom. The highest BCUT2D eigenvalue weighted by Crippen LogP contribution is 2.60. The molecular formula is C30H40Cl2N2O2. The monoisotopic (exact) mass is 530 g/mol. The Kier molecular flexibility index (Phi) is 6.24. The Hall–Kier alpha value is -1.00. The van der Waals surface area contributed by atoms with Gasteiger partial charge in [-0.15, -0.1) is 23.2 Å². The summed E-state index contributed by atoms with van der Waals surface area (Å²) < 4.78 is 11.2. The van der Waals surface area contributed by atoms with Crippen LogP contribution in [0, 0.1) is 10.8 Å². The van der Waals surface area contributed by atoms with E-state index in [4.69, 9.17) is 32.2 Å². The van der Waals surface area contributed by atoms with Gasteiger partial charge < -0.3 is 9.05 Å². The Morgan fingerprint density at radius 3 is 1.17 bits per heavy atom. The summed E-state index contributed by atoms with van der Waals surface area (Å²) in [5.41, 5.74) is 6.36. The molecule has 8 rings (SSSR count). The third-order valence-corrected chi connectivity index (χ3v) is 11.2. The molecule has 2 spiro atoms. The van der Waals surface area contributed by atoms with Crippen molar-refractivity contribution in [1.82, 2.24) is 10.3 Å². The maximum atomic E-state index is 6.14. The van der Waals surface area contributed by atoms with Gasteiger partial charge in [-0.05, 0) is 114 Å². The maximum absolute atomic E-state index is 6.14. The second-order valence-corrected chi connectivity index (χ2v) is 13.7. The Balaban J connectivity index is 0.000000122. The van der Waals surface area contributed by atoms with E-state index in [0.717, 1.165) is 22.4 Å². The Labute approximate surface area is 225 Å². The number of rotatable bonds is 6. The number of nitrogens with zero attached hydrogens (tertiary/aromatic N) is 2. The smallest absolute Gasteiger partial charge is 0.144 e. The molecule has 6 aliphatic carbocycles. The van der Waals surface area contributed by atoms with Gasteiger partial charge in [0.05, 0.1) is 23.1 Å². The molecule has 0 saturated heterocycles. The molecule has 196 valence electrons. The Bertz CT molecular complexity index is 984. The molecule has 6 heteroatoms. The summed E-state index contributed by atoms with van der Waals surface area (Å²) in [6, 6.07) is 0. The second kappa shape index (κ2) is 9.33. The van der Waals surface area contributed by atoms with Crippen LogP contribution in [0.5, 0.6) is 0 Å². The van der Waals surface area contributed by atoms with Crippen molar-refractivity contribution in [3.05, 3.63) is 34.0 Å². The van der Waals surface area contributed by atoms with Crippen LogP contribution < -0.4 is 0 Å². The van der Waals surface area contributed by atoms with E-state index in [1.165, 1.54) is 125 Å². The van der Waals surface area contributed by atoms with E-state index in [2.05, 4.69) is 10.3 Å². The molecule has 6 aliphatic rings. The van der Waals surface area contributed by atoms with Crippen molar-refractivity contribution in [3.63, 3.8) is 0 Å². The van der Waals surface area contributed by atoms with Crippen LogP contribution >= 0.6 is 23.2 Å². The fraction of sp³-hybridized carbons (Fsp3) is 0.800. The summed E-state index contributed by atoms with van der Waals surface area (Å²) in [7, 11) is 0. The fourth-order valence-corrected chi connectivity index (χ4v) is 7.81. The predicted octanol–water partition coefficient (Wildman–Crippen LogP) is 9.46. The number of alkyl halides is 2. The lowest BCUT2D eigenvalue weighted by Crippen LogP contribution is -2.15. The van der Waals surface area contributed by atoms with Crippen molar-refractivity contribution in [2.45, 2.75) is 138 Å². The SMILES string of the molecule is ClCc1c(C2CCC3(CC2)CC3)noc1C1CC1.ClCc1c(C2CCC3(CC2)CC3)noc1C1CC1. The van der Waals surface area contributed by atoms with Crippen molar-refractivity contribution in [1.29, 1.82) is 0 Å². The summed E-state index contributed by atoms with van der Waals surface area (Å²) in [6.45, 7) is 0. The van der Waals surface area contributed by atoms with E-state index < -0.39 is 0 Å². The third kappa shape index (κ3) is 4.68. The molecule has 36 heavy (non-hydrogen) atoms. The summed E-state index contributed by atoms with van der Waals surface area (Å²) >= 11 is 12.3. The van der Waals surface area contributed by atoms with E-state index in [-0.39, 0.29) is 0 Å². The van der Waals surface area contributed by atoms with Crippen LogP contribution in [0.2, 0.25) is 0 Å². The van der Waals surface area contributed by atoms with Gasteiger partial charge in [-0.25, -0.2) is 0 Å². The molecule has 4 nitrogen and oxygen atoms in total. The van der Waals surface area contributed by atoms with Gasteiger partial charge in [0.15, 0.2) is 0 Å². The molecule has 0 bridgehead atoms. The van der Waals surface area contributed by atoms with E-state index >= 15 is 0 Å². The van der Waals surface area contributed by atoms with Gasteiger partial charge in [0.25, 0.3) is 0 Å². The minimum absolute atomic E-state index is 0.576. The zero-order valence-corrected chi connectivity index (χ0v) is 23.0. The highest BCUT2D eigenvalue weighted by atomic mass is 35.5. The molecule has 0 radical (unpaired) electrons. The Morgan fingerprint density at radius 2 is 0.889 bits per heavy atom. The summed E-state index contributed by atoms with van der Waals surface area (Å²) in [4.78, 5) is 0. The zero-order chi connectivity index (χ0) is 24.3. The first-order valence-corrected chi connectivity index (χ1v) is 15.8. The molecule has 0 amide bonds. The van der Waals surface area contributed by atoms with Crippen molar-refractivity contribution >= 4 is 23.2 Å². The minimum Gasteiger partial charge on any atom is -0.360 e. The average molecular weight is 532 g/mol. The minimum atomic E-state index is 0.576. The van der Waals surface area contributed by atoms with E-state index in [9.17, 15) is 0 Å². The zero-order valence-electron chi connectivity index (χ0n) is 21.5. The van der Waals surface area contributed by atoms with E-state index in [1.54, 1.807) is 0 Å². The van der Waals surface area contributed by atoms with Crippen LogP contribution in [0.15, 0.2) is 9.05 Å². The predicted molar refractivity (Wildman–Crippen MR) is 142 cm³/mol. The first-order chi connectivity index (χ1) is 17.6. The van der Waals surface area contributed by atoms with Crippen LogP contribution in [0.25, 0.3) is 0 Å². The normalized spacial score (nSPS) is 28.2. The summed E-state index contributed by atoms with van der Waals surface area (Å²) in [5.74, 6) is 5.83. The molecule has 0 aromatic carbocycles. The van der Waals surface area contributed by atoms with Crippen LogP contribution in [-0.4, -0.2) is 10.3 Å². The van der Waals surface area contributed by atoms with Crippen molar-refractivity contribution < 1.29 is 9.05 Å². The third-order valence-electron chi connectivity index (χ3n) is 10.6. The van der Waals surface area contributed by atoms with Gasteiger partial charge in [-0.1, -0.05) is 10.3 Å². The lowest BCUT2D eigenvalue weighted by Gasteiger charge is -2.27. The number of halogens is 2. The molecular weight excluding hydrogens is 491 g/mol. The lowest BCUT2D eigenvalue weighted by atomic mass is 9.77. The highest BCUT2D eigenvalue weighted by molar-refractivity contribution is 6.17. The van der Waals surface area contributed by atoms with Crippen LogP contribution in [0.1, 0.15) is 160 Å². The number of aromatic nitrogens is 2. The average Bonchev–Trinajstić information content (AvgIpc) is 3.71. The van der Waals surface area contributed by atoms with Gasteiger partial charge in [-0.3, -0.25) is 0 Å². The van der Waals surface area contributed by atoms with Crippen LogP contribution in [0.4, 0.5) is 0 Å². The number of hydrogen-bond acceptors (Lipinski definition) is 4. The van der Waals surface area contributed by atoms with Gasteiger partial charge in [-0.2, -0.15) is 0 Å². The first-order valence-electron chi connectivity index (χ1n) is 14.7. The molecule has 2 aromatic rings. The van der Waals surface area contributed by atoms with Crippen molar-refractivity contribution in [2.24, 2.45) is 10.8 Å². The standard InChI is InChI=1S/2C15H20ClNO/c2*16-9-12-13(17-18-14(12)11-1-2-11)10-3-5-15(6-4-10)7-8-15/h2*10-11H,1-9H2. The quantitative estimate of drug-likeness (QED) is 0.348. The molecule has 0 atom stereocenters. The second-order valence-electron chi connectivity index (χ2n) is 13.2. The number of hydrogen-bond donors (Lipinski definition) is 0. The molecule has 6 saturated carbocycles. The van der Waals surface area contributed by atoms with Gasteiger partial charge in [0, 0.05) is 34.8 Å². The topological polar surface area (TPSA) is 52.1 Å². The van der Waals surface area contributed by atoms with Crippen molar-refractivity contribution in [3.8, 4) is 0 Å². The van der Waals surface area contributed by atoms with Crippen LogP contribution in [0.3, 0.4) is 0 Å². The summed E-state index contributed by atoms with van der Waals surface area (Å²) in [6.07, 6.45) is 21.6. The largest absolute Gasteiger partial charge is 0.360 e. The molecule has 6 fully saturated rings. The van der Waals surface area contributed by atoms with Gasteiger partial charge in [0.2, 0.25) is 0 Å². The molecule has 0 N–H and O–H groups in total. The first kappa shape index (κ1) is 24.1. The van der Waals surface area contributed by atoms with Crippen molar-refractivity contribution in [2.75, 3.05) is 0 Å². The highest BCUT2D eigenvalue weighted by Gasteiger charge is 2.47. The van der Waals surface area contributed by atoms with Gasteiger partial charge >= 0.3 is 0 Å². The van der Waals surface area contributed by atoms with Gasteiger partial charge in [0.1, 0.15) is 11.5 Å². The molecule has 2 aromatic heterocycles. The van der Waals surface area contributed by atoms with Crippen LogP contribution in [-0.2, 0) is 11.8 Å². The van der Waals surface area contributed by atoms with E-state index in [0.29, 0.717) is 35.4 Å². The molecule has 0 aliphatic heterocycles. The summed E-state index contributed by atoms with van der Waals surface area (Å²) in [5, 5.41) is 8.76. The van der Waals surface area contributed by atoms with E-state index in [1.807, 2.05) is 0 Å². The molecule has 0 unspecified atom stereocenters.